The van der Waals surface area contributed by atoms with E-state index in [1.807, 2.05) is 12.1 Å². The highest BCUT2D eigenvalue weighted by Crippen LogP contribution is 2.41. The molecule has 2 aromatic heterocycles. The van der Waals surface area contributed by atoms with Crippen molar-refractivity contribution in [2.45, 2.75) is 18.8 Å². The Hall–Kier alpha value is -1.97. The summed E-state index contributed by atoms with van der Waals surface area (Å²) in [5, 5.41) is 0. The topological polar surface area (TPSA) is 64.7 Å². The first-order chi connectivity index (χ1) is 7.84. The number of hydrogen-bond donors (Lipinski definition) is 1. The van der Waals surface area contributed by atoms with E-state index >= 15 is 0 Å². The second kappa shape index (κ2) is 3.56. The molecule has 3 rings (SSSR count). The maximum atomic E-state index is 5.87. The molecule has 1 saturated carbocycles. The third kappa shape index (κ3) is 1.62. The molecule has 1 fully saturated rings. The lowest BCUT2D eigenvalue weighted by Crippen LogP contribution is -2.00. The van der Waals surface area contributed by atoms with Gasteiger partial charge in [-0.15, -0.1) is 0 Å². The van der Waals surface area contributed by atoms with Crippen molar-refractivity contribution in [3.05, 3.63) is 36.4 Å². The first-order valence-electron chi connectivity index (χ1n) is 5.37. The van der Waals surface area contributed by atoms with Gasteiger partial charge in [-0.2, -0.15) is 0 Å². The predicted molar refractivity (Wildman–Crippen MR) is 61.7 cm³/mol. The lowest BCUT2D eigenvalue weighted by Gasteiger charge is -2.05. The largest absolute Gasteiger partial charge is 0.396 e. The van der Waals surface area contributed by atoms with E-state index in [2.05, 4.69) is 15.0 Å². The van der Waals surface area contributed by atoms with Crippen LogP contribution in [0.2, 0.25) is 0 Å². The second-order valence-electron chi connectivity index (χ2n) is 4.05. The molecular weight excluding hydrogens is 200 g/mol. The van der Waals surface area contributed by atoms with Crippen molar-refractivity contribution in [3.8, 4) is 11.4 Å². The Bertz CT molecular complexity index is 506. The summed E-state index contributed by atoms with van der Waals surface area (Å²) in [6.45, 7) is 0. The van der Waals surface area contributed by atoms with Gasteiger partial charge in [-0.3, -0.25) is 4.98 Å². The summed E-state index contributed by atoms with van der Waals surface area (Å²) in [6.07, 6.45) is 7.58. The molecule has 1 aliphatic carbocycles. The van der Waals surface area contributed by atoms with Crippen LogP contribution in [-0.4, -0.2) is 15.0 Å². The number of rotatable bonds is 2. The summed E-state index contributed by atoms with van der Waals surface area (Å²) >= 11 is 0. The predicted octanol–water partition coefficient (Wildman–Crippen LogP) is 2.00. The molecule has 0 unspecified atom stereocenters. The average molecular weight is 212 g/mol. The number of hydrogen-bond acceptors (Lipinski definition) is 4. The maximum absolute atomic E-state index is 5.87. The van der Waals surface area contributed by atoms with Crippen molar-refractivity contribution in [3.63, 3.8) is 0 Å². The smallest absolute Gasteiger partial charge is 0.161 e. The molecule has 4 nitrogen and oxygen atoms in total. The fraction of sp³-hybridized carbons (Fsp3) is 0.250. The molecule has 2 aromatic rings. The monoisotopic (exact) mass is 212 g/mol. The lowest BCUT2D eigenvalue weighted by atomic mass is 10.2. The van der Waals surface area contributed by atoms with Gasteiger partial charge in [0.15, 0.2) is 5.82 Å². The average Bonchev–Trinajstić information content (AvgIpc) is 3.15. The van der Waals surface area contributed by atoms with E-state index < -0.39 is 0 Å². The zero-order valence-corrected chi connectivity index (χ0v) is 8.80. The van der Waals surface area contributed by atoms with Crippen LogP contribution in [0.3, 0.4) is 0 Å². The van der Waals surface area contributed by atoms with E-state index in [0.29, 0.717) is 17.4 Å². The Morgan fingerprint density at radius 1 is 1.25 bits per heavy atom. The van der Waals surface area contributed by atoms with Crippen molar-refractivity contribution in [1.29, 1.82) is 0 Å². The third-order valence-electron chi connectivity index (χ3n) is 2.73. The molecule has 0 spiro atoms. The van der Waals surface area contributed by atoms with E-state index in [-0.39, 0.29) is 0 Å². The first-order valence-corrected chi connectivity index (χ1v) is 5.37. The Balaban J connectivity index is 2.05. The zero-order valence-electron chi connectivity index (χ0n) is 8.80. The van der Waals surface area contributed by atoms with Crippen molar-refractivity contribution >= 4 is 5.69 Å². The minimum atomic E-state index is 0.540. The molecule has 0 amide bonds. The molecular formula is C12H12N4. The van der Waals surface area contributed by atoms with Gasteiger partial charge < -0.3 is 5.73 Å². The Morgan fingerprint density at radius 2 is 2.12 bits per heavy atom. The van der Waals surface area contributed by atoms with Crippen LogP contribution in [-0.2, 0) is 0 Å². The van der Waals surface area contributed by atoms with Gasteiger partial charge in [0, 0.05) is 23.9 Å². The van der Waals surface area contributed by atoms with E-state index in [4.69, 9.17) is 5.73 Å². The normalized spacial score (nSPS) is 15.0. The molecule has 80 valence electrons. The molecule has 2 heterocycles. The van der Waals surface area contributed by atoms with Crippen LogP contribution in [0, 0.1) is 0 Å². The molecule has 0 bridgehead atoms. The van der Waals surface area contributed by atoms with Gasteiger partial charge >= 0.3 is 0 Å². The van der Waals surface area contributed by atoms with Gasteiger partial charge in [0.1, 0.15) is 0 Å². The number of aromatic nitrogens is 3. The molecule has 0 saturated heterocycles. The van der Waals surface area contributed by atoms with E-state index in [9.17, 15) is 0 Å². The number of nitrogen functional groups attached to an aromatic ring is 1. The highest BCUT2D eigenvalue weighted by atomic mass is 14.9. The number of nitrogens with two attached hydrogens (primary N) is 1. The minimum absolute atomic E-state index is 0.540. The van der Waals surface area contributed by atoms with E-state index in [0.717, 1.165) is 11.3 Å². The quantitative estimate of drug-likeness (QED) is 0.826. The molecule has 0 aromatic carbocycles. The number of anilines is 1. The maximum Gasteiger partial charge on any atom is 0.161 e. The van der Waals surface area contributed by atoms with Crippen LogP contribution in [0.15, 0.2) is 30.7 Å². The summed E-state index contributed by atoms with van der Waals surface area (Å²) in [6, 6.07) is 3.83. The molecule has 1 aliphatic rings. The summed E-state index contributed by atoms with van der Waals surface area (Å²) in [4.78, 5) is 12.8. The number of pyridine rings is 1. The van der Waals surface area contributed by atoms with Crippen LogP contribution in [0.1, 0.15) is 24.5 Å². The highest BCUT2D eigenvalue weighted by Gasteiger charge is 2.27. The second-order valence-corrected chi connectivity index (χ2v) is 4.05. The lowest BCUT2D eigenvalue weighted by molar-refractivity contribution is 0.999. The number of nitrogens with zero attached hydrogens (tertiary/aromatic N) is 3. The van der Waals surface area contributed by atoms with Crippen LogP contribution in [0.4, 0.5) is 5.69 Å². The standard InChI is InChI=1S/C12H12N4/c13-10-7-15-12(9-2-1-5-14-6-9)16-11(10)8-3-4-8/h1-2,5-8H,3-4,13H2. The van der Waals surface area contributed by atoms with Crippen molar-refractivity contribution in [1.82, 2.24) is 15.0 Å². The molecule has 4 heteroatoms. The molecule has 0 atom stereocenters. The van der Waals surface area contributed by atoms with Crippen LogP contribution in [0.5, 0.6) is 0 Å². The van der Waals surface area contributed by atoms with Gasteiger partial charge in [-0.1, -0.05) is 0 Å². The van der Waals surface area contributed by atoms with Gasteiger partial charge in [0.2, 0.25) is 0 Å². The Kier molecular flexibility index (Phi) is 2.06. The van der Waals surface area contributed by atoms with Crippen LogP contribution in [0.25, 0.3) is 11.4 Å². The van der Waals surface area contributed by atoms with Crippen LogP contribution >= 0.6 is 0 Å². The van der Waals surface area contributed by atoms with Crippen LogP contribution < -0.4 is 5.73 Å². The van der Waals surface area contributed by atoms with Crippen molar-refractivity contribution < 1.29 is 0 Å². The van der Waals surface area contributed by atoms with Gasteiger partial charge in [-0.25, -0.2) is 9.97 Å². The van der Waals surface area contributed by atoms with Crippen molar-refractivity contribution in [2.75, 3.05) is 5.73 Å². The summed E-state index contributed by atoms with van der Waals surface area (Å²) in [7, 11) is 0. The molecule has 16 heavy (non-hydrogen) atoms. The SMILES string of the molecule is Nc1cnc(-c2cccnc2)nc1C1CC1. The Labute approximate surface area is 93.6 Å². The fourth-order valence-electron chi connectivity index (χ4n) is 1.72. The van der Waals surface area contributed by atoms with Gasteiger partial charge in [0.25, 0.3) is 0 Å². The third-order valence-corrected chi connectivity index (χ3v) is 2.73. The Morgan fingerprint density at radius 3 is 2.81 bits per heavy atom. The fourth-order valence-corrected chi connectivity index (χ4v) is 1.72. The molecule has 0 aliphatic heterocycles. The molecule has 2 N–H and O–H groups in total. The van der Waals surface area contributed by atoms with E-state index in [1.165, 1.54) is 12.8 Å². The highest BCUT2D eigenvalue weighted by molar-refractivity contribution is 5.56. The zero-order chi connectivity index (χ0) is 11.0. The molecule has 0 radical (unpaired) electrons. The van der Waals surface area contributed by atoms with Gasteiger partial charge in [0.05, 0.1) is 17.6 Å². The first kappa shape index (κ1) is 9.27. The summed E-state index contributed by atoms with van der Waals surface area (Å²) < 4.78 is 0. The van der Waals surface area contributed by atoms with Gasteiger partial charge in [-0.05, 0) is 25.0 Å². The van der Waals surface area contributed by atoms with Crippen molar-refractivity contribution in [2.24, 2.45) is 0 Å². The summed E-state index contributed by atoms with van der Waals surface area (Å²) in [5.41, 5.74) is 8.50. The van der Waals surface area contributed by atoms with E-state index in [1.54, 1.807) is 18.6 Å². The summed E-state index contributed by atoms with van der Waals surface area (Å²) in [5.74, 6) is 1.25. The minimum Gasteiger partial charge on any atom is -0.396 e.